The minimum absolute atomic E-state index is 0.0731. The monoisotopic (exact) mass is 264 g/mol. The van der Waals surface area contributed by atoms with Gasteiger partial charge in [0.25, 0.3) is 10.1 Å². The molecule has 0 amide bonds. The lowest BCUT2D eigenvalue weighted by molar-refractivity contribution is -0.116. The first-order valence-electron chi connectivity index (χ1n) is 5.36. The molecule has 2 rings (SSSR count). The molecule has 0 saturated carbocycles. The predicted octanol–water partition coefficient (Wildman–Crippen LogP) is 2.22. The van der Waals surface area contributed by atoms with Crippen LogP contribution in [0.25, 0.3) is 10.8 Å². The normalized spacial score (nSPS) is 11.7. The van der Waals surface area contributed by atoms with Gasteiger partial charge in [-0.15, -0.1) is 0 Å². The van der Waals surface area contributed by atoms with Gasteiger partial charge in [-0.1, -0.05) is 24.3 Å². The molecule has 0 aliphatic carbocycles. The molecule has 5 heteroatoms. The van der Waals surface area contributed by atoms with Gasteiger partial charge in [0.05, 0.1) is 4.90 Å². The summed E-state index contributed by atoms with van der Waals surface area (Å²) < 4.78 is 30.9. The molecule has 0 radical (unpaired) electrons. The highest BCUT2D eigenvalue weighted by molar-refractivity contribution is 7.85. The van der Waals surface area contributed by atoms with Gasteiger partial charge in [-0.25, -0.2) is 0 Å². The number of fused-ring (bicyclic) bond motifs is 1. The van der Waals surface area contributed by atoms with E-state index in [4.69, 9.17) is 4.55 Å². The third kappa shape index (κ3) is 2.75. The number of benzene rings is 2. The first-order valence-corrected chi connectivity index (χ1v) is 6.80. The molecule has 0 aliphatic heterocycles. The Morgan fingerprint density at radius 1 is 1.11 bits per heavy atom. The molecule has 1 N–H and O–H groups in total. The fraction of sp³-hybridized carbons (Fsp3) is 0.154. The summed E-state index contributed by atoms with van der Waals surface area (Å²) in [5.74, 6) is 0.0731. The van der Waals surface area contributed by atoms with E-state index in [-0.39, 0.29) is 10.7 Å². The summed E-state index contributed by atoms with van der Waals surface area (Å²) >= 11 is 0. The Labute approximate surface area is 105 Å². The van der Waals surface area contributed by atoms with E-state index in [1.165, 1.54) is 19.1 Å². The number of carbonyl (C=O) groups excluding carboxylic acids is 1. The van der Waals surface area contributed by atoms with Crippen LogP contribution in [0.2, 0.25) is 0 Å². The quantitative estimate of drug-likeness (QED) is 0.863. The van der Waals surface area contributed by atoms with Gasteiger partial charge in [0, 0.05) is 6.42 Å². The highest BCUT2D eigenvalue weighted by Crippen LogP contribution is 2.20. The van der Waals surface area contributed by atoms with Crippen LogP contribution in [0, 0.1) is 0 Å². The van der Waals surface area contributed by atoms with Gasteiger partial charge in [-0.2, -0.15) is 8.42 Å². The van der Waals surface area contributed by atoms with E-state index in [2.05, 4.69) is 0 Å². The van der Waals surface area contributed by atoms with Crippen molar-refractivity contribution in [2.75, 3.05) is 0 Å². The highest BCUT2D eigenvalue weighted by Gasteiger charge is 2.09. The number of rotatable bonds is 3. The molecule has 0 aromatic heterocycles. The van der Waals surface area contributed by atoms with Gasteiger partial charge >= 0.3 is 0 Å². The Balaban J connectivity index is 2.52. The largest absolute Gasteiger partial charge is 0.300 e. The van der Waals surface area contributed by atoms with Gasteiger partial charge in [0.15, 0.2) is 0 Å². The fourth-order valence-corrected chi connectivity index (χ4v) is 2.35. The number of Topliss-reactive ketones (excluding diaryl/α,β-unsaturated/α-hetero) is 1. The summed E-state index contributed by atoms with van der Waals surface area (Å²) in [5.41, 5.74) is 0.884. The van der Waals surface area contributed by atoms with Crippen LogP contribution in [0.5, 0.6) is 0 Å². The van der Waals surface area contributed by atoms with E-state index in [1.807, 2.05) is 6.07 Å². The van der Waals surface area contributed by atoms with Crippen LogP contribution in [0.3, 0.4) is 0 Å². The van der Waals surface area contributed by atoms with Crippen LogP contribution in [0.1, 0.15) is 12.5 Å². The Hall–Kier alpha value is -1.72. The molecule has 0 atom stereocenters. The highest BCUT2D eigenvalue weighted by atomic mass is 32.2. The summed E-state index contributed by atoms with van der Waals surface area (Å²) in [6.45, 7) is 1.52. The molecule has 0 saturated heterocycles. The number of hydrogen-bond acceptors (Lipinski definition) is 3. The molecular formula is C13H12O4S. The molecule has 0 fully saturated rings. The molecule has 94 valence electrons. The lowest BCUT2D eigenvalue weighted by Crippen LogP contribution is -1.98. The second-order valence-corrected chi connectivity index (χ2v) is 5.62. The summed E-state index contributed by atoms with van der Waals surface area (Å²) in [7, 11) is -4.18. The second kappa shape index (κ2) is 4.51. The van der Waals surface area contributed by atoms with Crippen LogP contribution in [0.4, 0.5) is 0 Å². The van der Waals surface area contributed by atoms with Crippen molar-refractivity contribution in [2.45, 2.75) is 18.2 Å². The zero-order valence-electron chi connectivity index (χ0n) is 9.75. The lowest BCUT2D eigenvalue weighted by Gasteiger charge is -2.03. The van der Waals surface area contributed by atoms with Crippen molar-refractivity contribution in [3.63, 3.8) is 0 Å². The topological polar surface area (TPSA) is 71.4 Å². The van der Waals surface area contributed by atoms with E-state index in [9.17, 15) is 13.2 Å². The third-order valence-corrected chi connectivity index (χ3v) is 3.48. The average molecular weight is 264 g/mol. The fourth-order valence-electron chi connectivity index (χ4n) is 1.83. The van der Waals surface area contributed by atoms with Crippen molar-refractivity contribution in [3.05, 3.63) is 42.0 Å². The van der Waals surface area contributed by atoms with Gasteiger partial charge in [-0.3, -0.25) is 9.35 Å². The van der Waals surface area contributed by atoms with Gasteiger partial charge in [-0.05, 0) is 35.4 Å². The third-order valence-electron chi connectivity index (χ3n) is 2.63. The summed E-state index contributed by atoms with van der Waals surface area (Å²) in [5, 5.41) is 1.54. The van der Waals surface area contributed by atoms with Crippen molar-refractivity contribution in [1.82, 2.24) is 0 Å². The Bertz CT molecular complexity index is 717. The molecular weight excluding hydrogens is 252 g/mol. The lowest BCUT2D eigenvalue weighted by atomic mass is 10.0. The maximum absolute atomic E-state index is 11.0. The predicted molar refractivity (Wildman–Crippen MR) is 68.1 cm³/mol. The van der Waals surface area contributed by atoms with Crippen molar-refractivity contribution in [3.8, 4) is 0 Å². The standard InChI is InChI=1S/C13H12O4S/c1-9(14)6-10-2-3-12-8-13(18(15,16)17)5-4-11(12)7-10/h2-5,7-8H,6H2,1H3,(H,15,16,17). The first-order chi connectivity index (χ1) is 8.36. The molecule has 0 bridgehead atoms. The molecule has 18 heavy (non-hydrogen) atoms. The van der Waals surface area contributed by atoms with Gasteiger partial charge in [0.2, 0.25) is 0 Å². The molecule has 0 aliphatic rings. The smallest absolute Gasteiger partial charge is 0.294 e. The number of hydrogen-bond donors (Lipinski definition) is 1. The van der Waals surface area contributed by atoms with Crippen LogP contribution in [0.15, 0.2) is 41.3 Å². The van der Waals surface area contributed by atoms with E-state index in [0.29, 0.717) is 11.8 Å². The summed E-state index contributed by atoms with van der Waals surface area (Å²) in [4.78, 5) is 10.9. The SMILES string of the molecule is CC(=O)Cc1ccc2cc(S(=O)(=O)O)ccc2c1. The average Bonchev–Trinajstić information content (AvgIpc) is 2.26. The summed E-state index contributed by atoms with van der Waals surface area (Å²) in [6.07, 6.45) is 0.357. The number of carbonyl (C=O) groups is 1. The Kier molecular flexibility index (Phi) is 3.19. The first kappa shape index (κ1) is 12.7. The number of ketones is 1. The van der Waals surface area contributed by atoms with Crippen molar-refractivity contribution < 1.29 is 17.8 Å². The van der Waals surface area contributed by atoms with Crippen LogP contribution >= 0.6 is 0 Å². The van der Waals surface area contributed by atoms with Crippen LogP contribution in [-0.2, 0) is 21.3 Å². The van der Waals surface area contributed by atoms with E-state index < -0.39 is 10.1 Å². The molecule has 2 aromatic rings. The van der Waals surface area contributed by atoms with Crippen molar-refractivity contribution in [1.29, 1.82) is 0 Å². The molecule has 0 unspecified atom stereocenters. The van der Waals surface area contributed by atoms with E-state index in [0.717, 1.165) is 10.9 Å². The maximum atomic E-state index is 11.0. The van der Waals surface area contributed by atoms with E-state index in [1.54, 1.807) is 18.2 Å². The second-order valence-electron chi connectivity index (χ2n) is 4.20. The Morgan fingerprint density at radius 2 is 1.72 bits per heavy atom. The minimum Gasteiger partial charge on any atom is -0.300 e. The molecule has 4 nitrogen and oxygen atoms in total. The Morgan fingerprint density at radius 3 is 2.33 bits per heavy atom. The van der Waals surface area contributed by atoms with Crippen molar-refractivity contribution >= 4 is 26.7 Å². The minimum atomic E-state index is -4.18. The van der Waals surface area contributed by atoms with E-state index >= 15 is 0 Å². The van der Waals surface area contributed by atoms with Gasteiger partial charge in [0.1, 0.15) is 5.78 Å². The zero-order chi connectivity index (χ0) is 13.3. The van der Waals surface area contributed by atoms with Crippen LogP contribution in [-0.4, -0.2) is 18.8 Å². The summed E-state index contributed by atoms with van der Waals surface area (Å²) in [6, 6.07) is 9.71. The van der Waals surface area contributed by atoms with Crippen molar-refractivity contribution in [2.24, 2.45) is 0 Å². The molecule has 0 spiro atoms. The van der Waals surface area contributed by atoms with Gasteiger partial charge < -0.3 is 0 Å². The zero-order valence-corrected chi connectivity index (χ0v) is 10.6. The molecule has 2 aromatic carbocycles. The molecule has 0 heterocycles. The maximum Gasteiger partial charge on any atom is 0.294 e. The van der Waals surface area contributed by atoms with Crippen LogP contribution < -0.4 is 0 Å².